The van der Waals surface area contributed by atoms with Crippen molar-refractivity contribution in [1.29, 1.82) is 0 Å². The maximum Gasteiger partial charge on any atom is 0.248 e. The average molecular weight is 305 g/mol. The van der Waals surface area contributed by atoms with E-state index in [1.807, 2.05) is 37.3 Å². The molecule has 6 nitrogen and oxygen atoms in total. The Labute approximate surface area is 131 Å². The zero-order valence-electron chi connectivity index (χ0n) is 13.0. The number of benzene rings is 1. The molecule has 1 N–H and O–H groups in total. The second-order valence-corrected chi connectivity index (χ2v) is 5.21. The van der Waals surface area contributed by atoms with Gasteiger partial charge in [0, 0.05) is 38.5 Å². The molecule has 0 atom stereocenters. The molecule has 0 unspecified atom stereocenters. The SMILES string of the molecule is CCOCC(=O)N1CCN(CC(=O)Nc2ccccc2)CC1. The molecule has 1 aromatic rings. The highest BCUT2D eigenvalue weighted by Crippen LogP contribution is 2.06. The molecule has 1 heterocycles. The zero-order valence-corrected chi connectivity index (χ0v) is 13.0. The van der Waals surface area contributed by atoms with E-state index in [1.54, 1.807) is 4.90 Å². The fourth-order valence-corrected chi connectivity index (χ4v) is 2.36. The van der Waals surface area contributed by atoms with Gasteiger partial charge in [0.05, 0.1) is 6.54 Å². The number of amides is 2. The number of carbonyl (C=O) groups excluding carboxylic acids is 2. The van der Waals surface area contributed by atoms with Crippen LogP contribution in [-0.2, 0) is 14.3 Å². The standard InChI is InChI=1S/C16H23N3O3/c1-2-22-13-16(21)19-10-8-18(9-11-19)12-15(20)17-14-6-4-3-5-7-14/h3-7H,2,8-13H2,1H3,(H,17,20). The van der Waals surface area contributed by atoms with Crippen molar-refractivity contribution in [2.75, 3.05) is 51.3 Å². The summed E-state index contributed by atoms with van der Waals surface area (Å²) in [5.74, 6) is -0.00414. The van der Waals surface area contributed by atoms with Gasteiger partial charge in [-0.1, -0.05) is 18.2 Å². The van der Waals surface area contributed by atoms with Gasteiger partial charge in [-0.2, -0.15) is 0 Å². The molecule has 0 aliphatic carbocycles. The lowest BCUT2D eigenvalue weighted by Gasteiger charge is -2.34. The third-order valence-electron chi connectivity index (χ3n) is 3.58. The van der Waals surface area contributed by atoms with Gasteiger partial charge in [-0.3, -0.25) is 14.5 Å². The molecule has 1 aliphatic heterocycles. The topological polar surface area (TPSA) is 61.9 Å². The first kappa shape index (κ1) is 16.5. The predicted octanol–water partition coefficient (Wildman–Crippen LogP) is 0.806. The average Bonchev–Trinajstić information content (AvgIpc) is 2.54. The first-order valence-corrected chi connectivity index (χ1v) is 7.62. The highest BCUT2D eigenvalue weighted by atomic mass is 16.5. The van der Waals surface area contributed by atoms with Crippen molar-refractivity contribution in [3.63, 3.8) is 0 Å². The van der Waals surface area contributed by atoms with Crippen molar-refractivity contribution in [1.82, 2.24) is 9.80 Å². The molecule has 0 saturated carbocycles. The van der Waals surface area contributed by atoms with Crippen molar-refractivity contribution < 1.29 is 14.3 Å². The summed E-state index contributed by atoms with van der Waals surface area (Å²) in [5.41, 5.74) is 0.804. The smallest absolute Gasteiger partial charge is 0.248 e. The summed E-state index contributed by atoms with van der Waals surface area (Å²) in [6, 6.07) is 9.41. The van der Waals surface area contributed by atoms with E-state index in [0.717, 1.165) is 5.69 Å². The molecule has 6 heteroatoms. The number of rotatable bonds is 6. The Morgan fingerprint density at radius 1 is 1.14 bits per heavy atom. The first-order chi connectivity index (χ1) is 10.7. The van der Waals surface area contributed by atoms with Gasteiger partial charge in [0.25, 0.3) is 0 Å². The van der Waals surface area contributed by atoms with E-state index in [4.69, 9.17) is 4.74 Å². The van der Waals surface area contributed by atoms with Crippen LogP contribution in [-0.4, -0.2) is 67.6 Å². The number of anilines is 1. The van der Waals surface area contributed by atoms with Crippen molar-refractivity contribution in [3.8, 4) is 0 Å². The lowest BCUT2D eigenvalue weighted by molar-refractivity contribution is -0.137. The molecule has 2 rings (SSSR count). The zero-order chi connectivity index (χ0) is 15.8. The van der Waals surface area contributed by atoms with Gasteiger partial charge >= 0.3 is 0 Å². The minimum Gasteiger partial charge on any atom is -0.372 e. The number of carbonyl (C=O) groups is 2. The number of ether oxygens (including phenoxy) is 1. The second-order valence-electron chi connectivity index (χ2n) is 5.21. The largest absolute Gasteiger partial charge is 0.372 e. The Bertz CT molecular complexity index is 485. The van der Waals surface area contributed by atoms with Crippen LogP contribution in [0.25, 0.3) is 0 Å². The fraction of sp³-hybridized carbons (Fsp3) is 0.500. The number of nitrogens with zero attached hydrogens (tertiary/aromatic N) is 2. The van der Waals surface area contributed by atoms with Gasteiger partial charge in [-0.25, -0.2) is 0 Å². The summed E-state index contributed by atoms with van der Waals surface area (Å²) >= 11 is 0. The number of nitrogens with one attached hydrogen (secondary N) is 1. The van der Waals surface area contributed by atoms with E-state index in [1.165, 1.54) is 0 Å². The Kier molecular flexibility index (Phi) is 6.36. The molecule has 120 valence electrons. The highest BCUT2D eigenvalue weighted by Gasteiger charge is 2.22. The van der Waals surface area contributed by atoms with Crippen LogP contribution in [0.4, 0.5) is 5.69 Å². The van der Waals surface area contributed by atoms with Crippen molar-refractivity contribution in [3.05, 3.63) is 30.3 Å². The Balaban J connectivity index is 1.71. The minimum atomic E-state index is -0.0275. The van der Waals surface area contributed by atoms with E-state index in [2.05, 4.69) is 10.2 Å². The quantitative estimate of drug-likeness (QED) is 0.845. The van der Waals surface area contributed by atoms with Crippen LogP contribution in [0.5, 0.6) is 0 Å². The molecule has 1 aliphatic rings. The molecule has 2 amide bonds. The Morgan fingerprint density at radius 3 is 2.45 bits per heavy atom. The highest BCUT2D eigenvalue weighted by molar-refractivity contribution is 5.92. The monoisotopic (exact) mass is 305 g/mol. The molecule has 1 fully saturated rings. The Morgan fingerprint density at radius 2 is 1.82 bits per heavy atom. The van der Waals surface area contributed by atoms with Crippen LogP contribution in [0.3, 0.4) is 0 Å². The lowest BCUT2D eigenvalue weighted by Crippen LogP contribution is -2.51. The third kappa shape index (κ3) is 5.13. The van der Waals surface area contributed by atoms with Crippen molar-refractivity contribution in [2.45, 2.75) is 6.92 Å². The lowest BCUT2D eigenvalue weighted by atomic mass is 10.3. The maximum absolute atomic E-state index is 12.0. The summed E-state index contributed by atoms with van der Waals surface area (Å²) in [4.78, 5) is 27.7. The predicted molar refractivity (Wildman–Crippen MR) is 84.6 cm³/mol. The maximum atomic E-state index is 12.0. The molecule has 0 radical (unpaired) electrons. The van der Waals surface area contributed by atoms with Crippen molar-refractivity contribution in [2.24, 2.45) is 0 Å². The summed E-state index contributed by atoms with van der Waals surface area (Å²) in [6.45, 7) is 5.62. The van der Waals surface area contributed by atoms with E-state index >= 15 is 0 Å². The molecule has 0 spiro atoms. The number of piperazine rings is 1. The second kappa shape index (κ2) is 8.51. The van der Waals surface area contributed by atoms with Crippen LogP contribution in [0.15, 0.2) is 30.3 Å². The third-order valence-corrected chi connectivity index (χ3v) is 3.58. The first-order valence-electron chi connectivity index (χ1n) is 7.62. The normalized spacial score (nSPS) is 15.6. The molecule has 0 aromatic heterocycles. The van der Waals surface area contributed by atoms with E-state index < -0.39 is 0 Å². The van der Waals surface area contributed by atoms with Gasteiger partial charge in [-0.05, 0) is 19.1 Å². The molecule has 22 heavy (non-hydrogen) atoms. The fourth-order valence-electron chi connectivity index (χ4n) is 2.36. The molecule has 1 aromatic carbocycles. The van der Waals surface area contributed by atoms with E-state index in [9.17, 15) is 9.59 Å². The summed E-state index contributed by atoms with van der Waals surface area (Å²) in [5, 5.41) is 2.87. The number of hydrogen-bond donors (Lipinski definition) is 1. The molecular formula is C16H23N3O3. The number of hydrogen-bond acceptors (Lipinski definition) is 4. The van der Waals surface area contributed by atoms with Gasteiger partial charge in [0.15, 0.2) is 0 Å². The molecular weight excluding hydrogens is 282 g/mol. The molecule has 1 saturated heterocycles. The van der Waals surface area contributed by atoms with Crippen LogP contribution >= 0.6 is 0 Å². The van der Waals surface area contributed by atoms with Gasteiger partial charge < -0.3 is 15.0 Å². The summed E-state index contributed by atoms with van der Waals surface area (Å²) in [7, 11) is 0. The van der Waals surface area contributed by atoms with Crippen LogP contribution in [0.2, 0.25) is 0 Å². The van der Waals surface area contributed by atoms with Gasteiger partial charge in [0.2, 0.25) is 11.8 Å². The Hall–Kier alpha value is -1.92. The van der Waals surface area contributed by atoms with Crippen LogP contribution in [0, 0.1) is 0 Å². The molecule has 0 bridgehead atoms. The van der Waals surface area contributed by atoms with Crippen molar-refractivity contribution >= 4 is 17.5 Å². The summed E-state index contributed by atoms with van der Waals surface area (Å²) < 4.78 is 5.14. The minimum absolute atomic E-state index is 0.0234. The van der Waals surface area contributed by atoms with Crippen LogP contribution in [0.1, 0.15) is 6.92 Å². The van der Waals surface area contributed by atoms with Crippen LogP contribution < -0.4 is 5.32 Å². The van der Waals surface area contributed by atoms with Gasteiger partial charge in [-0.15, -0.1) is 0 Å². The van der Waals surface area contributed by atoms with Gasteiger partial charge in [0.1, 0.15) is 6.61 Å². The van der Waals surface area contributed by atoms with E-state index in [0.29, 0.717) is 39.3 Å². The number of para-hydroxylation sites is 1. The van der Waals surface area contributed by atoms with E-state index in [-0.39, 0.29) is 18.4 Å². The summed E-state index contributed by atoms with van der Waals surface area (Å²) in [6.07, 6.45) is 0.